The molecule has 1 rings (SSSR count). The van der Waals surface area contributed by atoms with Crippen LogP contribution in [0.5, 0.6) is 11.5 Å². The van der Waals surface area contributed by atoms with Crippen molar-refractivity contribution in [2.24, 2.45) is 0 Å². The van der Waals surface area contributed by atoms with Gasteiger partial charge >= 0.3 is 0 Å². The van der Waals surface area contributed by atoms with Gasteiger partial charge in [0.2, 0.25) is 0 Å². The van der Waals surface area contributed by atoms with E-state index in [-0.39, 0.29) is 5.75 Å². The Morgan fingerprint density at radius 2 is 2.15 bits per heavy atom. The number of aromatic hydroxyl groups is 1. The van der Waals surface area contributed by atoms with E-state index in [1.165, 1.54) is 7.11 Å². The van der Waals surface area contributed by atoms with E-state index in [0.29, 0.717) is 19.0 Å². The molecule has 3 nitrogen and oxygen atoms in total. The first kappa shape index (κ1) is 9.86. The molecule has 0 saturated heterocycles. The first-order valence-corrected chi connectivity index (χ1v) is 4.22. The molecule has 0 aliphatic heterocycles. The van der Waals surface area contributed by atoms with Crippen LogP contribution >= 0.6 is 0 Å². The first-order chi connectivity index (χ1) is 6.29. The van der Waals surface area contributed by atoms with E-state index >= 15 is 0 Å². The minimum Gasteiger partial charge on any atom is -0.504 e. The fourth-order valence-electron chi connectivity index (χ4n) is 1.06. The predicted octanol–water partition coefficient (Wildman–Crippen LogP) is 1.94. The summed E-state index contributed by atoms with van der Waals surface area (Å²) in [5.74, 6) is 0.649. The van der Waals surface area contributed by atoms with E-state index in [9.17, 15) is 5.11 Å². The Hall–Kier alpha value is -1.22. The molecule has 0 unspecified atom stereocenters. The summed E-state index contributed by atoms with van der Waals surface area (Å²) >= 11 is 0. The van der Waals surface area contributed by atoms with E-state index < -0.39 is 0 Å². The van der Waals surface area contributed by atoms with E-state index in [0.717, 1.165) is 5.56 Å². The molecular weight excluding hydrogens is 168 g/mol. The number of hydrogen-bond donors (Lipinski definition) is 1. The summed E-state index contributed by atoms with van der Waals surface area (Å²) in [6, 6.07) is 5.35. The van der Waals surface area contributed by atoms with Crippen molar-refractivity contribution < 1.29 is 14.6 Å². The van der Waals surface area contributed by atoms with E-state index in [4.69, 9.17) is 9.47 Å². The minimum atomic E-state index is 0.165. The molecule has 0 fully saturated rings. The highest BCUT2D eigenvalue weighted by molar-refractivity contribution is 5.44. The lowest BCUT2D eigenvalue weighted by Gasteiger charge is -2.08. The van der Waals surface area contributed by atoms with Gasteiger partial charge < -0.3 is 14.6 Å². The Morgan fingerprint density at radius 1 is 1.38 bits per heavy atom. The number of benzene rings is 1. The zero-order valence-corrected chi connectivity index (χ0v) is 7.91. The molecule has 0 amide bonds. The maximum absolute atomic E-state index is 9.61. The first-order valence-electron chi connectivity index (χ1n) is 4.22. The zero-order valence-electron chi connectivity index (χ0n) is 7.91. The summed E-state index contributed by atoms with van der Waals surface area (Å²) in [4.78, 5) is 0. The number of para-hydroxylation sites is 1. The van der Waals surface area contributed by atoms with Crippen molar-refractivity contribution in [3.8, 4) is 11.5 Å². The molecule has 72 valence electrons. The zero-order chi connectivity index (χ0) is 9.68. The molecular formula is C10H14O3. The van der Waals surface area contributed by atoms with E-state index in [2.05, 4.69) is 0 Å². The second kappa shape index (κ2) is 4.72. The van der Waals surface area contributed by atoms with Gasteiger partial charge in [-0.1, -0.05) is 12.1 Å². The lowest BCUT2D eigenvalue weighted by molar-refractivity contribution is 0.131. The van der Waals surface area contributed by atoms with Crippen LogP contribution in [0.4, 0.5) is 0 Å². The van der Waals surface area contributed by atoms with Crippen LogP contribution in [0.25, 0.3) is 0 Å². The van der Waals surface area contributed by atoms with Crippen molar-refractivity contribution >= 4 is 0 Å². The third-order valence-corrected chi connectivity index (χ3v) is 1.76. The van der Waals surface area contributed by atoms with Crippen molar-refractivity contribution in [2.45, 2.75) is 13.5 Å². The van der Waals surface area contributed by atoms with Crippen molar-refractivity contribution in [1.82, 2.24) is 0 Å². The highest BCUT2D eigenvalue weighted by atomic mass is 16.5. The van der Waals surface area contributed by atoms with Gasteiger partial charge in [0.15, 0.2) is 11.5 Å². The quantitative estimate of drug-likeness (QED) is 0.773. The molecule has 0 aliphatic rings. The fraction of sp³-hybridized carbons (Fsp3) is 0.400. The molecule has 0 heterocycles. The molecule has 0 bridgehead atoms. The Morgan fingerprint density at radius 3 is 2.77 bits per heavy atom. The van der Waals surface area contributed by atoms with Crippen LogP contribution in [-0.4, -0.2) is 18.8 Å². The van der Waals surface area contributed by atoms with Gasteiger partial charge in [-0.25, -0.2) is 0 Å². The molecule has 1 N–H and O–H groups in total. The number of phenolic OH excluding ortho intramolecular Hbond substituents is 1. The topological polar surface area (TPSA) is 38.7 Å². The van der Waals surface area contributed by atoms with Gasteiger partial charge in [0.25, 0.3) is 0 Å². The molecule has 0 atom stereocenters. The molecule has 1 aromatic rings. The van der Waals surface area contributed by atoms with Crippen LogP contribution in [0.1, 0.15) is 12.5 Å². The van der Waals surface area contributed by atoms with Crippen LogP contribution in [0.15, 0.2) is 18.2 Å². The largest absolute Gasteiger partial charge is 0.504 e. The SMILES string of the molecule is CCOCc1cccc(OC)c1O. The van der Waals surface area contributed by atoms with Crippen LogP contribution in [0.3, 0.4) is 0 Å². The maximum Gasteiger partial charge on any atom is 0.163 e. The van der Waals surface area contributed by atoms with Crippen LogP contribution in [-0.2, 0) is 11.3 Å². The average Bonchev–Trinajstić information content (AvgIpc) is 2.16. The summed E-state index contributed by atoms with van der Waals surface area (Å²) < 4.78 is 10.1. The molecule has 0 saturated carbocycles. The highest BCUT2D eigenvalue weighted by Crippen LogP contribution is 2.29. The summed E-state index contributed by atoms with van der Waals surface area (Å²) in [6.07, 6.45) is 0. The molecule has 13 heavy (non-hydrogen) atoms. The Balaban J connectivity index is 2.81. The summed E-state index contributed by atoms with van der Waals surface area (Å²) in [5, 5.41) is 9.61. The highest BCUT2D eigenvalue weighted by Gasteiger charge is 2.05. The van der Waals surface area contributed by atoms with Crippen molar-refractivity contribution in [1.29, 1.82) is 0 Å². The van der Waals surface area contributed by atoms with Gasteiger partial charge in [-0.3, -0.25) is 0 Å². The molecule has 3 heteroatoms. The van der Waals surface area contributed by atoms with Crippen LogP contribution in [0, 0.1) is 0 Å². The van der Waals surface area contributed by atoms with Crippen LogP contribution in [0.2, 0.25) is 0 Å². The third kappa shape index (κ3) is 2.36. The second-order valence-electron chi connectivity index (χ2n) is 2.61. The molecule has 0 aromatic heterocycles. The second-order valence-corrected chi connectivity index (χ2v) is 2.61. The predicted molar refractivity (Wildman–Crippen MR) is 50.0 cm³/mol. The third-order valence-electron chi connectivity index (χ3n) is 1.76. The number of rotatable bonds is 4. The van der Waals surface area contributed by atoms with E-state index in [1.807, 2.05) is 19.1 Å². The van der Waals surface area contributed by atoms with Gasteiger partial charge in [-0.2, -0.15) is 0 Å². The fourth-order valence-corrected chi connectivity index (χ4v) is 1.06. The molecule has 1 aromatic carbocycles. The summed E-state index contributed by atoms with van der Waals surface area (Å²) in [6.45, 7) is 2.97. The van der Waals surface area contributed by atoms with Gasteiger partial charge in [0.05, 0.1) is 13.7 Å². The molecule has 0 spiro atoms. The number of methoxy groups -OCH3 is 1. The summed E-state index contributed by atoms with van der Waals surface area (Å²) in [7, 11) is 1.53. The monoisotopic (exact) mass is 182 g/mol. The number of ether oxygens (including phenoxy) is 2. The lowest BCUT2D eigenvalue weighted by atomic mass is 10.2. The van der Waals surface area contributed by atoms with E-state index in [1.54, 1.807) is 6.07 Å². The molecule has 0 radical (unpaired) electrons. The Bertz CT molecular complexity index is 271. The summed E-state index contributed by atoms with van der Waals surface area (Å²) in [5.41, 5.74) is 0.751. The molecule has 0 aliphatic carbocycles. The van der Waals surface area contributed by atoms with Crippen molar-refractivity contribution in [3.63, 3.8) is 0 Å². The van der Waals surface area contributed by atoms with Crippen molar-refractivity contribution in [2.75, 3.05) is 13.7 Å². The van der Waals surface area contributed by atoms with Gasteiger partial charge in [-0.05, 0) is 13.0 Å². The standard InChI is InChI=1S/C10H14O3/c1-3-13-7-8-5-4-6-9(12-2)10(8)11/h4-6,11H,3,7H2,1-2H3. The average molecular weight is 182 g/mol. The Labute approximate surface area is 77.9 Å². The lowest BCUT2D eigenvalue weighted by Crippen LogP contribution is -1.93. The van der Waals surface area contributed by atoms with Gasteiger partial charge in [0.1, 0.15) is 0 Å². The van der Waals surface area contributed by atoms with Crippen molar-refractivity contribution in [3.05, 3.63) is 23.8 Å². The van der Waals surface area contributed by atoms with Gasteiger partial charge in [-0.15, -0.1) is 0 Å². The minimum absolute atomic E-state index is 0.165. The Kier molecular flexibility index (Phi) is 3.58. The smallest absolute Gasteiger partial charge is 0.163 e. The van der Waals surface area contributed by atoms with Crippen LogP contribution < -0.4 is 4.74 Å². The number of phenols is 1. The maximum atomic E-state index is 9.61. The van der Waals surface area contributed by atoms with Gasteiger partial charge in [0, 0.05) is 12.2 Å². The normalized spacial score (nSPS) is 10.0. The number of hydrogen-bond acceptors (Lipinski definition) is 3.